The van der Waals surface area contributed by atoms with E-state index in [0.717, 1.165) is 11.1 Å². The van der Waals surface area contributed by atoms with Crippen LogP contribution in [0.15, 0.2) is 100 Å². The number of nitrogens with one attached hydrogen (secondary N) is 2. The minimum Gasteiger partial charge on any atom is -0.497 e. The molecule has 0 spiro atoms. The molecule has 0 saturated carbocycles. The minimum atomic E-state index is -3.97. The highest BCUT2D eigenvalue weighted by molar-refractivity contribution is 7.92. The molecule has 41 heavy (non-hydrogen) atoms. The lowest BCUT2D eigenvalue weighted by atomic mass is 9.87. The van der Waals surface area contributed by atoms with Gasteiger partial charge in [0.2, 0.25) is 0 Å². The smallest absolute Gasteiger partial charge is 0.339 e. The molecule has 0 saturated heterocycles. The molecular formula is C32H30N2O6S. The van der Waals surface area contributed by atoms with Gasteiger partial charge in [-0.05, 0) is 66.6 Å². The number of furan rings is 1. The molecule has 1 heterocycles. The summed E-state index contributed by atoms with van der Waals surface area (Å²) in [6.07, 6.45) is 0. The molecule has 0 aliphatic heterocycles. The number of fused-ring (bicyclic) bond motifs is 1. The third-order valence-corrected chi connectivity index (χ3v) is 8.32. The number of sulfonamides is 1. The maximum atomic E-state index is 13.6. The third kappa shape index (κ3) is 5.49. The van der Waals surface area contributed by atoms with Gasteiger partial charge in [0.05, 0.1) is 36.3 Å². The van der Waals surface area contributed by atoms with Crippen LogP contribution in [0, 0.1) is 6.92 Å². The number of ether oxygens (including phenoxy) is 2. The number of anilines is 2. The van der Waals surface area contributed by atoms with E-state index in [9.17, 15) is 13.2 Å². The minimum absolute atomic E-state index is 0.131. The van der Waals surface area contributed by atoms with Crippen LogP contribution in [-0.2, 0) is 14.8 Å². The first-order valence-electron chi connectivity index (χ1n) is 12.9. The normalized spacial score (nSPS) is 12.1. The van der Waals surface area contributed by atoms with Crippen LogP contribution in [0.3, 0.4) is 0 Å². The van der Waals surface area contributed by atoms with Crippen LogP contribution in [0.1, 0.15) is 38.7 Å². The molecule has 1 aromatic heterocycles. The van der Waals surface area contributed by atoms with Crippen molar-refractivity contribution in [2.75, 3.05) is 31.3 Å². The first-order valence-corrected chi connectivity index (χ1v) is 14.4. The zero-order valence-corrected chi connectivity index (χ0v) is 23.9. The number of methoxy groups -OCH3 is 2. The fourth-order valence-corrected chi connectivity index (χ4v) is 5.90. The van der Waals surface area contributed by atoms with Crippen molar-refractivity contribution in [3.63, 3.8) is 0 Å². The van der Waals surface area contributed by atoms with E-state index in [1.165, 1.54) is 7.11 Å². The molecule has 0 unspecified atom stereocenters. The van der Waals surface area contributed by atoms with E-state index >= 15 is 0 Å². The summed E-state index contributed by atoms with van der Waals surface area (Å²) in [6.45, 7) is 1.90. The van der Waals surface area contributed by atoms with Gasteiger partial charge in [0.25, 0.3) is 10.0 Å². The quantitative estimate of drug-likeness (QED) is 0.193. The zero-order chi connectivity index (χ0) is 29.1. The van der Waals surface area contributed by atoms with Crippen molar-refractivity contribution >= 4 is 38.3 Å². The molecule has 0 radical (unpaired) electrons. The van der Waals surface area contributed by atoms with Crippen molar-refractivity contribution in [2.24, 2.45) is 0 Å². The van der Waals surface area contributed by atoms with Crippen molar-refractivity contribution < 1.29 is 27.1 Å². The number of benzene rings is 4. The summed E-state index contributed by atoms with van der Waals surface area (Å²) in [5.41, 5.74) is 4.22. The van der Waals surface area contributed by atoms with Crippen molar-refractivity contribution in [3.8, 4) is 5.75 Å². The number of hydrogen-bond donors (Lipinski definition) is 2. The lowest BCUT2D eigenvalue weighted by molar-refractivity contribution is 0.0601. The molecule has 5 rings (SSSR count). The van der Waals surface area contributed by atoms with Gasteiger partial charge in [0.15, 0.2) is 0 Å². The average molecular weight is 571 g/mol. The number of esters is 1. The molecule has 0 aliphatic carbocycles. The molecule has 1 atom stereocenters. The summed E-state index contributed by atoms with van der Waals surface area (Å²) in [5, 5.41) is 3.63. The maximum absolute atomic E-state index is 13.6. The first-order chi connectivity index (χ1) is 19.7. The van der Waals surface area contributed by atoms with Gasteiger partial charge in [-0.2, -0.15) is 0 Å². The Hall–Kier alpha value is -4.76. The van der Waals surface area contributed by atoms with Gasteiger partial charge in [-0.15, -0.1) is 0 Å². The molecule has 2 N–H and O–H groups in total. The van der Waals surface area contributed by atoms with Crippen molar-refractivity contribution in [1.82, 2.24) is 0 Å². The Balaban J connectivity index is 1.75. The molecule has 0 fully saturated rings. The lowest BCUT2D eigenvalue weighted by Gasteiger charge is -2.20. The Morgan fingerprint density at radius 1 is 0.878 bits per heavy atom. The van der Waals surface area contributed by atoms with Crippen molar-refractivity contribution in [3.05, 3.63) is 119 Å². The lowest BCUT2D eigenvalue weighted by Crippen LogP contribution is -2.15. The maximum Gasteiger partial charge on any atom is 0.339 e. The fraction of sp³-hybridized carbons (Fsp3) is 0.156. The van der Waals surface area contributed by atoms with Crippen LogP contribution < -0.4 is 14.8 Å². The average Bonchev–Trinajstić information content (AvgIpc) is 3.34. The fourth-order valence-electron chi connectivity index (χ4n) is 4.81. The molecule has 5 aromatic rings. The number of hydrogen-bond acceptors (Lipinski definition) is 7. The zero-order valence-electron chi connectivity index (χ0n) is 23.1. The summed E-state index contributed by atoms with van der Waals surface area (Å²) in [7, 11) is 0.661. The van der Waals surface area contributed by atoms with Crippen LogP contribution in [0.4, 0.5) is 11.4 Å². The van der Waals surface area contributed by atoms with Gasteiger partial charge >= 0.3 is 5.97 Å². The summed E-state index contributed by atoms with van der Waals surface area (Å²) in [4.78, 5) is 12.8. The topological polar surface area (TPSA) is 107 Å². The van der Waals surface area contributed by atoms with Crippen molar-refractivity contribution in [1.29, 1.82) is 0 Å². The Morgan fingerprint density at radius 2 is 1.56 bits per heavy atom. The predicted molar refractivity (Wildman–Crippen MR) is 159 cm³/mol. The number of carbonyl (C=O) groups excluding carboxylic acids is 1. The van der Waals surface area contributed by atoms with Gasteiger partial charge in [-0.3, -0.25) is 4.72 Å². The largest absolute Gasteiger partial charge is 0.497 e. The van der Waals surface area contributed by atoms with Crippen LogP contribution in [0.2, 0.25) is 0 Å². The first kappa shape index (κ1) is 27.8. The number of aryl methyl sites for hydroxylation is 1. The molecule has 0 aliphatic rings. The SMILES string of the molecule is CNc1ccc([C@@H](c2ccc(OC)cc2)c2oc3ccccc3c2NS(=O)(=O)c2ccc(C)cc2)cc1C(=O)OC. The second-order valence-corrected chi connectivity index (χ2v) is 11.2. The standard InChI is InChI=1S/C32H30N2O6S/c1-20-9-16-24(17-10-20)41(36,37)34-30-25-7-5-6-8-28(25)40-31(30)29(21-11-14-23(38-3)15-12-21)22-13-18-27(33-2)26(19-22)32(35)39-4/h5-19,29,33-34H,1-4H3/t29-/m1/s1. The van der Waals surface area contributed by atoms with Crippen LogP contribution >= 0.6 is 0 Å². The van der Waals surface area contributed by atoms with E-state index in [1.807, 2.05) is 55.5 Å². The molecule has 0 bridgehead atoms. The Kier molecular flexibility index (Phi) is 7.72. The van der Waals surface area contributed by atoms with Gasteiger partial charge < -0.3 is 19.2 Å². The van der Waals surface area contributed by atoms with E-state index in [2.05, 4.69) is 10.0 Å². The summed E-state index contributed by atoms with van der Waals surface area (Å²) in [6, 6.07) is 26.7. The summed E-state index contributed by atoms with van der Waals surface area (Å²) < 4.78 is 46.9. The highest BCUT2D eigenvalue weighted by Crippen LogP contribution is 2.43. The second-order valence-electron chi connectivity index (χ2n) is 9.51. The summed E-state index contributed by atoms with van der Waals surface area (Å²) >= 11 is 0. The molecule has 9 heteroatoms. The van der Waals surface area contributed by atoms with Crippen LogP contribution in [-0.4, -0.2) is 35.7 Å². The van der Waals surface area contributed by atoms with Gasteiger partial charge in [0.1, 0.15) is 17.1 Å². The van der Waals surface area contributed by atoms with E-state index in [4.69, 9.17) is 13.9 Å². The van der Waals surface area contributed by atoms with E-state index in [1.54, 1.807) is 56.6 Å². The molecular weight excluding hydrogens is 540 g/mol. The van der Waals surface area contributed by atoms with Gasteiger partial charge in [-0.25, -0.2) is 13.2 Å². The number of carbonyl (C=O) groups is 1. The molecule has 8 nitrogen and oxygen atoms in total. The summed E-state index contributed by atoms with van der Waals surface area (Å²) in [5.74, 6) is -0.0637. The third-order valence-electron chi connectivity index (χ3n) is 6.95. The van der Waals surface area contributed by atoms with E-state index in [0.29, 0.717) is 45.0 Å². The highest BCUT2D eigenvalue weighted by atomic mass is 32.2. The van der Waals surface area contributed by atoms with Crippen LogP contribution in [0.25, 0.3) is 11.0 Å². The molecule has 0 amide bonds. The van der Waals surface area contributed by atoms with Crippen LogP contribution in [0.5, 0.6) is 5.75 Å². The Bertz CT molecular complexity index is 1810. The van der Waals surface area contributed by atoms with Gasteiger partial charge in [0, 0.05) is 18.1 Å². The van der Waals surface area contributed by atoms with E-state index < -0.39 is 21.9 Å². The molecule has 210 valence electrons. The Morgan fingerprint density at radius 3 is 2.22 bits per heavy atom. The molecule has 4 aromatic carbocycles. The van der Waals surface area contributed by atoms with E-state index in [-0.39, 0.29) is 4.90 Å². The Labute approximate surface area is 239 Å². The predicted octanol–water partition coefficient (Wildman–Crippen LogP) is 6.56. The number of para-hydroxylation sites is 1. The number of rotatable bonds is 9. The van der Waals surface area contributed by atoms with Crippen molar-refractivity contribution in [2.45, 2.75) is 17.7 Å². The van der Waals surface area contributed by atoms with Gasteiger partial charge in [-0.1, -0.05) is 48.0 Å². The monoisotopic (exact) mass is 570 g/mol. The highest BCUT2D eigenvalue weighted by Gasteiger charge is 2.30. The second kappa shape index (κ2) is 11.4.